The molecule has 4 rings (SSSR count). The lowest BCUT2D eigenvalue weighted by Crippen LogP contribution is -2.02. The number of pyridine rings is 1. The summed E-state index contributed by atoms with van der Waals surface area (Å²) in [5.41, 5.74) is 2.76. The van der Waals surface area contributed by atoms with Crippen molar-refractivity contribution in [1.29, 1.82) is 0 Å². The van der Waals surface area contributed by atoms with E-state index in [2.05, 4.69) is 20.5 Å². The number of rotatable bonds is 5. The van der Waals surface area contributed by atoms with Gasteiger partial charge in [0.25, 0.3) is 0 Å². The lowest BCUT2D eigenvalue weighted by molar-refractivity contribution is 0.410. The van der Waals surface area contributed by atoms with E-state index >= 15 is 0 Å². The Balaban J connectivity index is 1.65. The maximum Gasteiger partial charge on any atom is 0.214 e. The van der Waals surface area contributed by atoms with Crippen LogP contribution in [0.15, 0.2) is 59.9 Å². The number of halogens is 1. The van der Waals surface area contributed by atoms with Gasteiger partial charge in [-0.25, -0.2) is 0 Å². The Morgan fingerprint density at radius 1 is 1.12 bits per heavy atom. The number of nitrogens with zero attached hydrogens (tertiary/aromatic N) is 5. The first-order valence-corrected chi connectivity index (χ1v) is 9.21. The van der Waals surface area contributed by atoms with Crippen molar-refractivity contribution in [2.24, 2.45) is 0 Å². The molecule has 0 saturated carbocycles. The van der Waals surface area contributed by atoms with E-state index in [0.717, 1.165) is 22.2 Å². The van der Waals surface area contributed by atoms with Gasteiger partial charge in [-0.1, -0.05) is 41.6 Å². The lowest BCUT2D eigenvalue weighted by Gasteiger charge is -2.09. The molecule has 0 aliphatic rings. The first-order chi connectivity index (χ1) is 12.8. The molecule has 0 aliphatic heterocycles. The molecule has 0 amide bonds. The van der Waals surface area contributed by atoms with Crippen LogP contribution in [0.3, 0.4) is 0 Å². The van der Waals surface area contributed by atoms with Gasteiger partial charge in [0, 0.05) is 22.4 Å². The van der Waals surface area contributed by atoms with Crippen molar-refractivity contribution in [1.82, 2.24) is 25.2 Å². The van der Waals surface area contributed by atoms with Gasteiger partial charge in [-0.15, -0.1) is 5.10 Å². The number of aromatic nitrogens is 5. The molecule has 8 heteroatoms. The Morgan fingerprint density at radius 2 is 2.00 bits per heavy atom. The summed E-state index contributed by atoms with van der Waals surface area (Å²) >= 11 is 7.80. The van der Waals surface area contributed by atoms with E-state index in [4.69, 9.17) is 16.3 Å². The zero-order chi connectivity index (χ0) is 17.9. The van der Waals surface area contributed by atoms with Crippen LogP contribution in [0.2, 0.25) is 5.02 Å². The van der Waals surface area contributed by atoms with Crippen molar-refractivity contribution < 1.29 is 4.74 Å². The highest BCUT2D eigenvalue weighted by molar-refractivity contribution is 7.98. The first kappa shape index (κ1) is 16.8. The second-order valence-corrected chi connectivity index (χ2v) is 6.79. The monoisotopic (exact) mass is 383 g/mol. The van der Waals surface area contributed by atoms with Crippen molar-refractivity contribution in [3.63, 3.8) is 0 Å². The molecule has 0 radical (unpaired) electrons. The van der Waals surface area contributed by atoms with Gasteiger partial charge in [-0.3, -0.25) is 4.98 Å². The molecule has 0 spiro atoms. The van der Waals surface area contributed by atoms with Crippen LogP contribution in [0, 0.1) is 0 Å². The maximum absolute atomic E-state index is 6.27. The molecular weight excluding hydrogens is 370 g/mol. The number of tetrazole rings is 1. The van der Waals surface area contributed by atoms with Gasteiger partial charge in [-0.2, -0.15) is 4.68 Å². The van der Waals surface area contributed by atoms with Gasteiger partial charge < -0.3 is 4.74 Å². The summed E-state index contributed by atoms with van der Waals surface area (Å²) in [6.07, 6.45) is 1.77. The quantitative estimate of drug-likeness (QED) is 0.482. The Morgan fingerprint density at radius 3 is 2.88 bits per heavy atom. The first-order valence-electron chi connectivity index (χ1n) is 7.84. The molecule has 0 unspecified atom stereocenters. The van der Waals surface area contributed by atoms with E-state index in [1.165, 1.54) is 11.8 Å². The minimum absolute atomic E-state index is 0.667. The molecule has 2 aromatic carbocycles. The van der Waals surface area contributed by atoms with E-state index in [9.17, 15) is 0 Å². The highest BCUT2D eigenvalue weighted by Gasteiger charge is 2.14. The summed E-state index contributed by atoms with van der Waals surface area (Å²) in [6.45, 7) is 0. The zero-order valence-electron chi connectivity index (χ0n) is 13.8. The topological polar surface area (TPSA) is 65.7 Å². The van der Waals surface area contributed by atoms with E-state index in [1.807, 2.05) is 48.5 Å². The molecule has 0 atom stereocenters. The molecule has 0 aliphatic carbocycles. The number of fused-ring (bicyclic) bond motifs is 1. The Hall–Kier alpha value is -2.64. The number of ether oxygens (including phenoxy) is 1. The van der Waals surface area contributed by atoms with Gasteiger partial charge in [-0.05, 0) is 46.3 Å². The third-order valence-electron chi connectivity index (χ3n) is 3.91. The predicted molar refractivity (Wildman–Crippen MR) is 102 cm³/mol. The lowest BCUT2D eigenvalue weighted by atomic mass is 10.1. The molecule has 6 nitrogen and oxygen atoms in total. The van der Waals surface area contributed by atoms with Gasteiger partial charge in [0.15, 0.2) is 0 Å². The Bertz CT molecular complexity index is 1070. The molecule has 130 valence electrons. The summed E-state index contributed by atoms with van der Waals surface area (Å²) < 4.78 is 7.08. The van der Waals surface area contributed by atoms with Crippen LogP contribution in [0.25, 0.3) is 16.6 Å². The summed E-state index contributed by atoms with van der Waals surface area (Å²) in [5.74, 6) is 1.38. The van der Waals surface area contributed by atoms with Crippen LogP contribution >= 0.6 is 23.4 Å². The summed E-state index contributed by atoms with van der Waals surface area (Å²) in [7, 11) is 1.63. The van der Waals surface area contributed by atoms with E-state index in [1.54, 1.807) is 18.0 Å². The number of hydrogen-bond donors (Lipinski definition) is 0. The number of thioether (sulfide) groups is 1. The molecule has 0 saturated heterocycles. The number of hydrogen-bond acceptors (Lipinski definition) is 6. The molecule has 0 N–H and O–H groups in total. The van der Waals surface area contributed by atoms with E-state index in [0.29, 0.717) is 21.7 Å². The largest absolute Gasteiger partial charge is 0.494 e. The standard InChI is InChI=1S/C18H14ClN5OS/c1-25-16-7-3-2-6-15(16)24-18(21-22-23-24)26-11-12-8-9-14(19)13-5-4-10-20-17(12)13/h2-10H,11H2,1H3. The van der Waals surface area contributed by atoms with Crippen molar-refractivity contribution in [3.8, 4) is 11.4 Å². The van der Waals surface area contributed by atoms with Crippen molar-refractivity contribution in [3.05, 3.63) is 65.3 Å². The third-order valence-corrected chi connectivity index (χ3v) is 5.21. The average molecular weight is 384 g/mol. The van der Waals surface area contributed by atoms with Crippen LogP contribution in [0.5, 0.6) is 5.75 Å². The molecular formula is C18H14ClN5OS. The maximum atomic E-state index is 6.27. The Kier molecular flexibility index (Phi) is 4.73. The van der Waals surface area contributed by atoms with Crippen molar-refractivity contribution >= 4 is 34.3 Å². The fourth-order valence-electron chi connectivity index (χ4n) is 2.68. The van der Waals surface area contributed by atoms with Gasteiger partial charge in [0.05, 0.1) is 12.6 Å². The number of para-hydroxylation sites is 2. The minimum Gasteiger partial charge on any atom is -0.494 e. The number of methoxy groups -OCH3 is 1. The van der Waals surface area contributed by atoms with Crippen LogP contribution in [-0.2, 0) is 5.75 Å². The van der Waals surface area contributed by atoms with Crippen LogP contribution in [-0.4, -0.2) is 32.3 Å². The highest BCUT2D eigenvalue weighted by Crippen LogP contribution is 2.31. The second kappa shape index (κ2) is 7.31. The molecule has 0 bridgehead atoms. The zero-order valence-corrected chi connectivity index (χ0v) is 15.4. The molecule has 26 heavy (non-hydrogen) atoms. The fourth-order valence-corrected chi connectivity index (χ4v) is 3.76. The molecule has 2 heterocycles. The smallest absolute Gasteiger partial charge is 0.214 e. The van der Waals surface area contributed by atoms with Gasteiger partial charge in [0.2, 0.25) is 5.16 Å². The summed E-state index contributed by atoms with van der Waals surface area (Å²) in [6, 6.07) is 15.4. The second-order valence-electron chi connectivity index (χ2n) is 5.44. The van der Waals surface area contributed by atoms with Crippen LogP contribution in [0.4, 0.5) is 0 Å². The van der Waals surface area contributed by atoms with Gasteiger partial charge in [0.1, 0.15) is 11.4 Å². The van der Waals surface area contributed by atoms with E-state index in [-0.39, 0.29) is 0 Å². The average Bonchev–Trinajstić information content (AvgIpc) is 3.16. The summed E-state index contributed by atoms with van der Waals surface area (Å²) in [4.78, 5) is 4.47. The third kappa shape index (κ3) is 3.11. The van der Waals surface area contributed by atoms with Crippen LogP contribution in [0.1, 0.15) is 5.56 Å². The van der Waals surface area contributed by atoms with E-state index < -0.39 is 0 Å². The Labute approximate surface area is 159 Å². The van der Waals surface area contributed by atoms with Crippen LogP contribution < -0.4 is 4.74 Å². The number of benzene rings is 2. The van der Waals surface area contributed by atoms with Crippen molar-refractivity contribution in [2.75, 3.05) is 7.11 Å². The molecule has 4 aromatic rings. The van der Waals surface area contributed by atoms with Gasteiger partial charge >= 0.3 is 0 Å². The molecule has 0 fully saturated rings. The SMILES string of the molecule is COc1ccccc1-n1nnnc1SCc1ccc(Cl)c2cccnc12. The minimum atomic E-state index is 0.667. The summed E-state index contributed by atoms with van der Waals surface area (Å²) in [5, 5.41) is 14.4. The van der Waals surface area contributed by atoms with Crippen molar-refractivity contribution in [2.45, 2.75) is 10.9 Å². The highest BCUT2D eigenvalue weighted by atomic mass is 35.5. The predicted octanol–water partition coefficient (Wildman–Crippen LogP) is 4.16. The molecule has 2 aromatic heterocycles. The normalized spacial score (nSPS) is 11.0. The fraction of sp³-hybridized carbons (Fsp3) is 0.111.